The first-order valence-electron chi connectivity index (χ1n) is 11.8. The summed E-state index contributed by atoms with van der Waals surface area (Å²) < 4.78 is 18.4. The van der Waals surface area contributed by atoms with Crippen molar-refractivity contribution in [2.45, 2.75) is 13.0 Å². The van der Waals surface area contributed by atoms with E-state index >= 15 is 0 Å². The SMILES string of the molecule is CN(C)CCOc1ccccc1Cn1cnc2ccc(C(=O)NCCOCCOCCC(=O)O)nc21. The van der Waals surface area contributed by atoms with E-state index in [1.165, 1.54) is 0 Å². The highest BCUT2D eigenvalue weighted by Crippen LogP contribution is 2.21. The topological polar surface area (TPSA) is 128 Å². The number of ether oxygens (including phenoxy) is 3. The van der Waals surface area contributed by atoms with Gasteiger partial charge in [0.25, 0.3) is 5.91 Å². The second kappa shape index (κ2) is 14.1. The average Bonchev–Trinajstić information content (AvgIpc) is 3.25. The molecule has 0 bridgehead atoms. The second-order valence-electron chi connectivity index (χ2n) is 8.30. The van der Waals surface area contributed by atoms with E-state index < -0.39 is 5.97 Å². The fourth-order valence-corrected chi connectivity index (χ4v) is 3.29. The number of amides is 1. The van der Waals surface area contributed by atoms with Crippen molar-refractivity contribution in [2.24, 2.45) is 0 Å². The summed E-state index contributed by atoms with van der Waals surface area (Å²) in [7, 11) is 4.00. The van der Waals surface area contributed by atoms with E-state index in [1.54, 1.807) is 18.5 Å². The zero-order valence-electron chi connectivity index (χ0n) is 20.7. The number of aliphatic carboxylic acids is 1. The van der Waals surface area contributed by atoms with Crippen molar-refractivity contribution in [3.8, 4) is 5.75 Å². The van der Waals surface area contributed by atoms with Crippen LogP contribution in [0.5, 0.6) is 5.75 Å². The molecule has 0 spiro atoms. The molecule has 36 heavy (non-hydrogen) atoms. The lowest BCUT2D eigenvalue weighted by Gasteiger charge is -2.14. The van der Waals surface area contributed by atoms with Crippen molar-refractivity contribution in [3.05, 3.63) is 54.0 Å². The molecule has 2 heterocycles. The molecule has 1 aromatic carbocycles. The normalized spacial score (nSPS) is 11.2. The predicted octanol–water partition coefficient (Wildman–Crippen LogP) is 1.66. The third-order valence-corrected chi connectivity index (χ3v) is 5.17. The van der Waals surface area contributed by atoms with Crippen LogP contribution in [-0.2, 0) is 20.8 Å². The van der Waals surface area contributed by atoms with E-state index in [1.807, 2.05) is 42.9 Å². The number of carbonyl (C=O) groups excluding carboxylic acids is 1. The van der Waals surface area contributed by atoms with Crippen LogP contribution in [0.15, 0.2) is 42.7 Å². The van der Waals surface area contributed by atoms with Crippen molar-refractivity contribution >= 4 is 23.0 Å². The van der Waals surface area contributed by atoms with E-state index in [-0.39, 0.29) is 24.6 Å². The maximum atomic E-state index is 12.6. The number of likely N-dealkylation sites (N-methyl/N-ethyl adjacent to an activating group) is 1. The van der Waals surface area contributed by atoms with E-state index in [0.717, 1.165) is 17.9 Å². The molecule has 3 aromatic rings. The molecule has 0 fully saturated rings. The van der Waals surface area contributed by atoms with Crippen LogP contribution >= 0.6 is 0 Å². The van der Waals surface area contributed by atoms with E-state index in [2.05, 4.69) is 20.2 Å². The van der Waals surface area contributed by atoms with E-state index in [0.29, 0.717) is 50.7 Å². The molecule has 0 saturated carbocycles. The van der Waals surface area contributed by atoms with Crippen LogP contribution in [0.25, 0.3) is 11.2 Å². The van der Waals surface area contributed by atoms with Crippen LogP contribution in [0.4, 0.5) is 0 Å². The highest BCUT2D eigenvalue weighted by Gasteiger charge is 2.13. The van der Waals surface area contributed by atoms with Crippen molar-refractivity contribution in [1.82, 2.24) is 24.8 Å². The monoisotopic (exact) mass is 499 g/mol. The van der Waals surface area contributed by atoms with Gasteiger partial charge in [-0.2, -0.15) is 0 Å². The van der Waals surface area contributed by atoms with Gasteiger partial charge in [0, 0.05) is 18.7 Å². The van der Waals surface area contributed by atoms with Crippen molar-refractivity contribution in [3.63, 3.8) is 0 Å². The average molecular weight is 500 g/mol. The number of imidazole rings is 1. The van der Waals surface area contributed by atoms with Crippen molar-refractivity contribution in [2.75, 3.05) is 60.2 Å². The first-order valence-corrected chi connectivity index (χ1v) is 11.8. The quantitative estimate of drug-likeness (QED) is 0.283. The number of hydrogen-bond donors (Lipinski definition) is 2. The minimum atomic E-state index is -0.900. The molecular weight excluding hydrogens is 466 g/mol. The van der Waals surface area contributed by atoms with Crippen LogP contribution in [0.3, 0.4) is 0 Å². The summed E-state index contributed by atoms with van der Waals surface area (Å²) >= 11 is 0. The van der Waals surface area contributed by atoms with Gasteiger partial charge in [-0.15, -0.1) is 0 Å². The molecule has 2 N–H and O–H groups in total. The maximum Gasteiger partial charge on any atom is 0.305 e. The number of pyridine rings is 1. The second-order valence-corrected chi connectivity index (χ2v) is 8.30. The third-order valence-electron chi connectivity index (χ3n) is 5.17. The Bertz CT molecular complexity index is 1130. The van der Waals surface area contributed by atoms with Gasteiger partial charge < -0.3 is 34.1 Å². The molecule has 0 aliphatic carbocycles. The Kier molecular flexibility index (Phi) is 10.6. The van der Waals surface area contributed by atoms with Gasteiger partial charge in [0.15, 0.2) is 5.65 Å². The number of carbonyl (C=O) groups is 2. The summed E-state index contributed by atoms with van der Waals surface area (Å²) in [5, 5.41) is 11.3. The van der Waals surface area contributed by atoms with Crippen molar-refractivity contribution in [1.29, 1.82) is 0 Å². The molecule has 11 nitrogen and oxygen atoms in total. The Labute approximate surface area is 210 Å². The number of aromatic nitrogens is 3. The minimum Gasteiger partial charge on any atom is -0.492 e. The zero-order chi connectivity index (χ0) is 25.8. The smallest absolute Gasteiger partial charge is 0.305 e. The fourth-order valence-electron chi connectivity index (χ4n) is 3.29. The van der Waals surface area contributed by atoms with Crippen molar-refractivity contribution < 1.29 is 28.9 Å². The molecule has 0 radical (unpaired) electrons. The van der Waals surface area contributed by atoms with Gasteiger partial charge in [-0.1, -0.05) is 18.2 Å². The van der Waals surface area contributed by atoms with Gasteiger partial charge in [-0.05, 0) is 32.3 Å². The Morgan fingerprint density at radius 1 is 1.03 bits per heavy atom. The minimum absolute atomic E-state index is 0.0383. The Balaban J connectivity index is 1.52. The molecular formula is C25H33N5O6. The highest BCUT2D eigenvalue weighted by atomic mass is 16.5. The number of fused-ring (bicyclic) bond motifs is 1. The summed E-state index contributed by atoms with van der Waals surface area (Å²) in [6, 6.07) is 11.3. The molecule has 0 aliphatic rings. The lowest BCUT2D eigenvalue weighted by Crippen LogP contribution is -2.28. The van der Waals surface area contributed by atoms with Gasteiger partial charge in [-0.3, -0.25) is 9.59 Å². The van der Waals surface area contributed by atoms with Gasteiger partial charge >= 0.3 is 5.97 Å². The van der Waals surface area contributed by atoms with E-state index in [9.17, 15) is 9.59 Å². The lowest BCUT2D eigenvalue weighted by atomic mass is 10.2. The van der Waals surface area contributed by atoms with Crippen LogP contribution in [0, 0.1) is 0 Å². The molecule has 1 amide bonds. The zero-order valence-corrected chi connectivity index (χ0v) is 20.7. The molecule has 0 unspecified atom stereocenters. The summed E-state index contributed by atoms with van der Waals surface area (Å²) in [6.45, 7) is 3.28. The molecule has 2 aromatic heterocycles. The standard InChI is InChI=1S/C25H33N5O6/c1-29(2)11-14-36-22-6-4-3-5-19(22)17-30-18-27-20-7-8-21(28-24(20)30)25(33)26-10-13-35-16-15-34-12-9-23(31)32/h3-8,18H,9-17H2,1-2H3,(H,26,33)(H,31,32). The highest BCUT2D eigenvalue weighted by molar-refractivity contribution is 5.94. The number of hydrogen-bond acceptors (Lipinski definition) is 8. The number of nitrogens with one attached hydrogen (secondary N) is 1. The predicted molar refractivity (Wildman–Crippen MR) is 133 cm³/mol. The first kappa shape index (κ1) is 27.1. The lowest BCUT2D eigenvalue weighted by molar-refractivity contribution is -0.138. The molecule has 194 valence electrons. The number of carboxylic acid groups (broad SMARTS) is 1. The van der Waals surface area contributed by atoms with Crippen LogP contribution in [0.2, 0.25) is 0 Å². The molecule has 0 aliphatic heterocycles. The Morgan fingerprint density at radius 2 is 1.81 bits per heavy atom. The van der Waals surface area contributed by atoms with Crippen LogP contribution < -0.4 is 10.1 Å². The summed E-state index contributed by atoms with van der Waals surface area (Å²) in [6.07, 6.45) is 1.67. The Hall–Kier alpha value is -3.54. The molecule has 11 heteroatoms. The van der Waals surface area contributed by atoms with Gasteiger partial charge in [0.1, 0.15) is 23.6 Å². The number of benzene rings is 1. The largest absolute Gasteiger partial charge is 0.492 e. The van der Waals surface area contributed by atoms with Crippen LogP contribution in [0.1, 0.15) is 22.5 Å². The van der Waals surface area contributed by atoms with Crippen LogP contribution in [-0.4, -0.2) is 96.6 Å². The molecule has 3 rings (SSSR count). The summed E-state index contributed by atoms with van der Waals surface area (Å²) in [5.41, 5.74) is 2.59. The van der Waals surface area contributed by atoms with Gasteiger partial charge in [0.05, 0.1) is 45.7 Å². The number of rotatable bonds is 16. The Morgan fingerprint density at radius 3 is 2.58 bits per heavy atom. The third kappa shape index (κ3) is 8.59. The number of para-hydroxylation sites is 1. The van der Waals surface area contributed by atoms with Gasteiger partial charge in [0.2, 0.25) is 0 Å². The number of carboxylic acids is 1. The molecule has 0 atom stereocenters. The fraction of sp³-hybridized carbons (Fsp3) is 0.440. The maximum absolute atomic E-state index is 12.6. The number of nitrogens with zero attached hydrogens (tertiary/aromatic N) is 4. The van der Waals surface area contributed by atoms with E-state index in [4.69, 9.17) is 19.3 Å². The summed E-state index contributed by atoms with van der Waals surface area (Å²) in [5.74, 6) is -0.399. The first-order chi connectivity index (χ1) is 17.4. The summed E-state index contributed by atoms with van der Waals surface area (Å²) in [4.78, 5) is 34.0. The van der Waals surface area contributed by atoms with Gasteiger partial charge in [-0.25, -0.2) is 9.97 Å². The molecule has 0 saturated heterocycles.